The molecule has 0 atom stereocenters. The average Bonchev–Trinajstić information content (AvgIpc) is 2.69. The summed E-state index contributed by atoms with van der Waals surface area (Å²) in [6, 6.07) is 22.9. The Labute approximate surface area is 168 Å². The number of halogens is 1. The average molecular weight is 398 g/mol. The van der Waals surface area contributed by atoms with Gasteiger partial charge in [0.15, 0.2) is 0 Å². The minimum absolute atomic E-state index is 0.154. The van der Waals surface area contributed by atoms with Gasteiger partial charge in [-0.25, -0.2) is 0 Å². The van der Waals surface area contributed by atoms with Gasteiger partial charge in [0.25, 0.3) is 5.91 Å². The number of carbonyl (C=O) groups is 1. The van der Waals surface area contributed by atoms with Gasteiger partial charge in [0, 0.05) is 21.2 Å². The first kappa shape index (κ1) is 19.3. The molecule has 0 aromatic heterocycles. The second-order valence-electron chi connectivity index (χ2n) is 5.82. The van der Waals surface area contributed by atoms with Crippen LogP contribution in [0.1, 0.15) is 22.8 Å². The van der Waals surface area contributed by atoms with Gasteiger partial charge in [0.1, 0.15) is 5.75 Å². The van der Waals surface area contributed by atoms with Gasteiger partial charge in [-0.05, 0) is 61.0 Å². The molecule has 3 nitrogen and oxygen atoms in total. The van der Waals surface area contributed by atoms with Gasteiger partial charge in [-0.15, -0.1) is 11.8 Å². The van der Waals surface area contributed by atoms with Crippen molar-refractivity contribution < 1.29 is 9.53 Å². The molecule has 0 aliphatic carbocycles. The van der Waals surface area contributed by atoms with Crippen LogP contribution in [0.4, 0.5) is 5.69 Å². The number of hydrogen-bond acceptors (Lipinski definition) is 3. The van der Waals surface area contributed by atoms with Crippen molar-refractivity contribution in [2.45, 2.75) is 17.6 Å². The van der Waals surface area contributed by atoms with E-state index in [1.807, 2.05) is 79.7 Å². The maximum atomic E-state index is 12.5. The van der Waals surface area contributed by atoms with Gasteiger partial charge in [0.05, 0.1) is 12.3 Å². The summed E-state index contributed by atoms with van der Waals surface area (Å²) in [5.41, 5.74) is 2.44. The third kappa shape index (κ3) is 5.52. The van der Waals surface area contributed by atoms with E-state index in [2.05, 4.69) is 5.32 Å². The van der Waals surface area contributed by atoms with E-state index in [-0.39, 0.29) is 5.91 Å². The zero-order valence-corrected chi connectivity index (χ0v) is 16.5. The molecule has 0 saturated carbocycles. The Morgan fingerprint density at radius 2 is 1.70 bits per heavy atom. The smallest absolute Gasteiger partial charge is 0.255 e. The van der Waals surface area contributed by atoms with E-state index < -0.39 is 0 Å². The van der Waals surface area contributed by atoms with Crippen LogP contribution in [0.15, 0.2) is 77.7 Å². The molecule has 0 fully saturated rings. The van der Waals surface area contributed by atoms with Gasteiger partial charge < -0.3 is 10.1 Å². The fourth-order valence-electron chi connectivity index (χ4n) is 2.50. The topological polar surface area (TPSA) is 38.3 Å². The summed E-state index contributed by atoms with van der Waals surface area (Å²) in [6.45, 7) is 2.46. The maximum Gasteiger partial charge on any atom is 0.255 e. The highest BCUT2D eigenvalue weighted by molar-refractivity contribution is 7.98. The number of anilines is 1. The van der Waals surface area contributed by atoms with Crippen LogP contribution in [0.3, 0.4) is 0 Å². The third-order valence-electron chi connectivity index (χ3n) is 3.87. The molecule has 1 amide bonds. The molecule has 0 bridgehead atoms. The van der Waals surface area contributed by atoms with Crippen molar-refractivity contribution in [3.63, 3.8) is 0 Å². The summed E-state index contributed by atoms with van der Waals surface area (Å²) in [6.07, 6.45) is 0. The number of thioether (sulfide) groups is 1. The molecular formula is C22H20ClNO2S. The Kier molecular flexibility index (Phi) is 6.80. The quantitative estimate of drug-likeness (QED) is 0.476. The lowest BCUT2D eigenvalue weighted by molar-refractivity contribution is 0.102. The number of para-hydroxylation sites is 2. The Morgan fingerprint density at radius 3 is 2.41 bits per heavy atom. The first-order valence-corrected chi connectivity index (χ1v) is 10.0. The normalized spacial score (nSPS) is 10.4. The van der Waals surface area contributed by atoms with Crippen LogP contribution in [-0.4, -0.2) is 12.5 Å². The van der Waals surface area contributed by atoms with Crippen molar-refractivity contribution >= 4 is 35.0 Å². The lowest BCUT2D eigenvalue weighted by Gasteiger charge is -2.11. The van der Waals surface area contributed by atoms with E-state index in [1.54, 1.807) is 11.8 Å². The van der Waals surface area contributed by atoms with Crippen LogP contribution in [-0.2, 0) is 5.75 Å². The highest BCUT2D eigenvalue weighted by Crippen LogP contribution is 2.26. The highest BCUT2D eigenvalue weighted by Gasteiger charge is 2.09. The van der Waals surface area contributed by atoms with E-state index in [4.69, 9.17) is 16.3 Å². The van der Waals surface area contributed by atoms with Gasteiger partial charge >= 0.3 is 0 Å². The van der Waals surface area contributed by atoms with Crippen molar-refractivity contribution in [2.75, 3.05) is 11.9 Å². The van der Waals surface area contributed by atoms with Crippen LogP contribution >= 0.6 is 23.4 Å². The molecule has 3 rings (SSSR count). The molecule has 0 unspecified atom stereocenters. The molecule has 0 aliphatic heterocycles. The largest absolute Gasteiger partial charge is 0.492 e. The Morgan fingerprint density at radius 1 is 1.00 bits per heavy atom. The highest BCUT2D eigenvalue weighted by atomic mass is 35.5. The van der Waals surface area contributed by atoms with E-state index in [1.165, 1.54) is 0 Å². The number of benzene rings is 3. The first-order valence-electron chi connectivity index (χ1n) is 8.66. The molecule has 0 spiro atoms. The fraction of sp³-hybridized carbons (Fsp3) is 0.136. The minimum Gasteiger partial charge on any atom is -0.492 e. The van der Waals surface area contributed by atoms with Gasteiger partial charge in [-0.1, -0.05) is 35.9 Å². The van der Waals surface area contributed by atoms with Crippen LogP contribution in [0.2, 0.25) is 5.02 Å². The van der Waals surface area contributed by atoms with Crippen molar-refractivity contribution in [3.8, 4) is 5.75 Å². The Balaban J connectivity index is 1.61. The molecule has 0 radical (unpaired) electrons. The second kappa shape index (κ2) is 9.49. The van der Waals surface area contributed by atoms with Crippen LogP contribution < -0.4 is 10.1 Å². The molecule has 3 aromatic carbocycles. The molecular weight excluding hydrogens is 378 g/mol. The minimum atomic E-state index is -0.154. The third-order valence-corrected chi connectivity index (χ3v) is 5.21. The molecule has 0 aliphatic rings. The standard InChI is InChI=1S/C22H20ClNO2S/c1-2-26-21-6-4-3-5-20(21)24-22(25)17-9-7-16(8-10-17)15-27-19-13-11-18(23)12-14-19/h3-14H,2,15H2,1H3,(H,24,25). The molecule has 0 saturated heterocycles. The summed E-state index contributed by atoms with van der Waals surface area (Å²) in [5, 5.41) is 3.65. The van der Waals surface area contributed by atoms with Gasteiger partial charge in [-0.2, -0.15) is 0 Å². The lowest BCUT2D eigenvalue weighted by atomic mass is 10.1. The number of carbonyl (C=O) groups excluding carboxylic acids is 1. The fourth-order valence-corrected chi connectivity index (χ4v) is 3.48. The summed E-state index contributed by atoms with van der Waals surface area (Å²) in [5.74, 6) is 1.35. The predicted molar refractivity (Wildman–Crippen MR) is 113 cm³/mol. The predicted octanol–water partition coefficient (Wildman–Crippen LogP) is 6.28. The molecule has 0 heterocycles. The monoisotopic (exact) mass is 397 g/mol. The molecule has 5 heteroatoms. The number of hydrogen-bond donors (Lipinski definition) is 1. The van der Waals surface area contributed by atoms with E-state index in [0.717, 1.165) is 21.2 Å². The summed E-state index contributed by atoms with van der Waals surface area (Å²) >= 11 is 7.64. The van der Waals surface area contributed by atoms with Crippen molar-refractivity contribution in [1.29, 1.82) is 0 Å². The number of ether oxygens (including phenoxy) is 1. The van der Waals surface area contributed by atoms with Gasteiger partial charge in [0.2, 0.25) is 0 Å². The first-order chi connectivity index (χ1) is 13.2. The van der Waals surface area contributed by atoms with E-state index in [9.17, 15) is 4.79 Å². The zero-order valence-electron chi connectivity index (χ0n) is 14.9. The summed E-state index contributed by atoms with van der Waals surface area (Å²) < 4.78 is 5.55. The van der Waals surface area contributed by atoms with Crippen LogP contribution in [0.5, 0.6) is 5.75 Å². The maximum absolute atomic E-state index is 12.5. The molecule has 138 valence electrons. The van der Waals surface area contributed by atoms with Crippen LogP contribution in [0, 0.1) is 0 Å². The van der Waals surface area contributed by atoms with Crippen LogP contribution in [0.25, 0.3) is 0 Å². The van der Waals surface area contributed by atoms with Gasteiger partial charge in [-0.3, -0.25) is 4.79 Å². The number of nitrogens with one attached hydrogen (secondary N) is 1. The molecule has 1 N–H and O–H groups in total. The van der Waals surface area contributed by atoms with E-state index >= 15 is 0 Å². The number of rotatable bonds is 7. The molecule has 3 aromatic rings. The number of amides is 1. The van der Waals surface area contributed by atoms with E-state index in [0.29, 0.717) is 23.6 Å². The van der Waals surface area contributed by atoms with Crippen molar-refractivity contribution in [3.05, 3.63) is 88.9 Å². The Hall–Kier alpha value is -2.43. The zero-order chi connectivity index (χ0) is 19.1. The molecule has 27 heavy (non-hydrogen) atoms. The summed E-state index contributed by atoms with van der Waals surface area (Å²) in [7, 11) is 0. The SMILES string of the molecule is CCOc1ccccc1NC(=O)c1ccc(CSc2ccc(Cl)cc2)cc1. The summed E-state index contributed by atoms with van der Waals surface area (Å²) in [4.78, 5) is 13.7. The Bertz CT molecular complexity index is 895. The second-order valence-corrected chi connectivity index (χ2v) is 7.31. The lowest BCUT2D eigenvalue weighted by Crippen LogP contribution is -2.12. The van der Waals surface area contributed by atoms with Crippen molar-refractivity contribution in [1.82, 2.24) is 0 Å². The van der Waals surface area contributed by atoms with Crippen molar-refractivity contribution in [2.24, 2.45) is 0 Å².